The fourth-order valence-corrected chi connectivity index (χ4v) is 2.61. The smallest absolute Gasteiger partial charge is 0.191 e. The molecule has 1 aromatic rings. The van der Waals surface area contributed by atoms with Crippen molar-refractivity contribution >= 4 is 39.8 Å². The normalized spacial score (nSPS) is 11.5. The maximum Gasteiger partial charge on any atom is 0.191 e. The van der Waals surface area contributed by atoms with Crippen molar-refractivity contribution in [1.82, 2.24) is 10.6 Å². The second-order valence-electron chi connectivity index (χ2n) is 4.90. The van der Waals surface area contributed by atoms with Crippen molar-refractivity contribution in [1.29, 1.82) is 0 Å². The van der Waals surface area contributed by atoms with Crippen LogP contribution in [-0.2, 0) is 16.4 Å². The van der Waals surface area contributed by atoms with Crippen molar-refractivity contribution in [2.45, 2.75) is 27.3 Å². The van der Waals surface area contributed by atoms with Gasteiger partial charge in [-0.05, 0) is 19.9 Å². The van der Waals surface area contributed by atoms with Gasteiger partial charge >= 0.3 is 0 Å². The lowest BCUT2D eigenvalue weighted by Gasteiger charge is -2.12. The molecule has 0 heterocycles. The molecule has 0 saturated carbocycles. The summed E-state index contributed by atoms with van der Waals surface area (Å²) in [6, 6.07) is 7.76. The summed E-state index contributed by atoms with van der Waals surface area (Å²) < 4.78 is 28.6. The number of benzene rings is 1. The number of hydrogen-bond acceptors (Lipinski definition) is 4. The van der Waals surface area contributed by atoms with E-state index >= 15 is 0 Å². The lowest BCUT2D eigenvalue weighted by atomic mass is 10.2. The van der Waals surface area contributed by atoms with Gasteiger partial charge in [0.25, 0.3) is 0 Å². The zero-order valence-corrected chi connectivity index (χ0v) is 17.7. The first-order valence-electron chi connectivity index (χ1n) is 7.95. The van der Waals surface area contributed by atoms with Crippen molar-refractivity contribution in [3.8, 4) is 5.75 Å². The predicted octanol–water partition coefficient (Wildman–Crippen LogP) is 2.19. The summed E-state index contributed by atoms with van der Waals surface area (Å²) in [5.74, 6) is 1.68. The molecule has 0 spiro atoms. The SMILES string of the molecule is CCNC(=NCc1ccccc1OCC)NCCS(=O)(=O)CC.I. The Balaban J connectivity index is 0.00000529. The Kier molecular flexibility index (Phi) is 11.8. The van der Waals surface area contributed by atoms with Gasteiger partial charge in [-0.15, -0.1) is 24.0 Å². The number of hydrogen-bond donors (Lipinski definition) is 2. The van der Waals surface area contributed by atoms with Gasteiger partial charge in [-0.25, -0.2) is 13.4 Å². The summed E-state index contributed by atoms with van der Waals surface area (Å²) in [7, 11) is -2.98. The maximum absolute atomic E-state index is 11.5. The summed E-state index contributed by atoms with van der Waals surface area (Å²) in [5, 5.41) is 6.16. The molecular weight excluding hydrogens is 441 g/mol. The van der Waals surface area contributed by atoms with Crippen LogP contribution in [0.2, 0.25) is 0 Å². The molecule has 24 heavy (non-hydrogen) atoms. The number of guanidine groups is 1. The fraction of sp³-hybridized carbons (Fsp3) is 0.562. The highest BCUT2D eigenvalue weighted by molar-refractivity contribution is 14.0. The van der Waals surface area contributed by atoms with Crippen molar-refractivity contribution < 1.29 is 13.2 Å². The minimum atomic E-state index is -2.98. The molecule has 0 aromatic heterocycles. The molecule has 1 aromatic carbocycles. The van der Waals surface area contributed by atoms with Gasteiger partial charge in [0.2, 0.25) is 0 Å². The van der Waals surface area contributed by atoms with Crippen LogP contribution in [0.15, 0.2) is 29.3 Å². The second-order valence-corrected chi connectivity index (χ2v) is 7.37. The number of sulfone groups is 1. The van der Waals surface area contributed by atoms with Crippen LogP contribution in [-0.4, -0.2) is 45.6 Å². The summed E-state index contributed by atoms with van der Waals surface area (Å²) in [6.07, 6.45) is 0. The van der Waals surface area contributed by atoms with Crippen LogP contribution in [0.4, 0.5) is 0 Å². The van der Waals surface area contributed by atoms with Crippen LogP contribution < -0.4 is 15.4 Å². The Labute approximate surface area is 162 Å². The molecule has 0 unspecified atom stereocenters. The van der Waals surface area contributed by atoms with E-state index in [1.165, 1.54) is 0 Å². The molecule has 0 bridgehead atoms. The van der Waals surface area contributed by atoms with Crippen molar-refractivity contribution in [3.05, 3.63) is 29.8 Å². The quantitative estimate of drug-likeness (QED) is 0.329. The first-order valence-corrected chi connectivity index (χ1v) is 9.77. The highest BCUT2D eigenvalue weighted by Crippen LogP contribution is 2.18. The van der Waals surface area contributed by atoms with Gasteiger partial charge in [-0.3, -0.25) is 0 Å². The molecule has 0 atom stereocenters. The van der Waals surface area contributed by atoms with Gasteiger partial charge in [-0.2, -0.15) is 0 Å². The highest BCUT2D eigenvalue weighted by atomic mass is 127. The van der Waals surface area contributed by atoms with E-state index in [1.807, 2.05) is 38.1 Å². The van der Waals surface area contributed by atoms with Crippen LogP contribution in [0.1, 0.15) is 26.3 Å². The Morgan fingerprint density at radius 1 is 1.17 bits per heavy atom. The predicted molar refractivity (Wildman–Crippen MR) is 110 cm³/mol. The Morgan fingerprint density at radius 2 is 1.88 bits per heavy atom. The second kappa shape index (κ2) is 12.3. The molecule has 6 nitrogen and oxygen atoms in total. The average Bonchev–Trinajstić information content (AvgIpc) is 2.54. The van der Waals surface area contributed by atoms with Gasteiger partial charge in [-0.1, -0.05) is 25.1 Å². The maximum atomic E-state index is 11.5. The molecule has 0 amide bonds. The minimum Gasteiger partial charge on any atom is -0.494 e. The van der Waals surface area contributed by atoms with E-state index < -0.39 is 9.84 Å². The third kappa shape index (κ3) is 8.72. The van der Waals surface area contributed by atoms with Crippen LogP contribution in [0.3, 0.4) is 0 Å². The molecule has 0 radical (unpaired) electrons. The van der Waals surface area contributed by atoms with Crippen LogP contribution in [0.5, 0.6) is 5.75 Å². The molecule has 138 valence electrons. The Bertz CT molecular complexity index is 606. The third-order valence-corrected chi connectivity index (χ3v) is 4.88. The summed E-state index contributed by atoms with van der Waals surface area (Å²) in [5.41, 5.74) is 0.993. The van der Waals surface area contributed by atoms with E-state index in [-0.39, 0.29) is 35.5 Å². The molecule has 0 aliphatic carbocycles. The van der Waals surface area contributed by atoms with E-state index in [1.54, 1.807) is 6.92 Å². The Morgan fingerprint density at radius 3 is 2.50 bits per heavy atom. The summed E-state index contributed by atoms with van der Waals surface area (Å²) >= 11 is 0. The lowest BCUT2D eigenvalue weighted by Crippen LogP contribution is -2.39. The van der Waals surface area contributed by atoms with Crippen LogP contribution in [0, 0.1) is 0 Å². The zero-order valence-electron chi connectivity index (χ0n) is 14.5. The number of para-hydroxylation sites is 1. The number of nitrogens with zero attached hydrogens (tertiary/aromatic N) is 1. The zero-order chi connectivity index (χ0) is 17.1. The van der Waals surface area contributed by atoms with Gasteiger partial charge in [0.05, 0.1) is 18.9 Å². The monoisotopic (exact) mass is 469 g/mol. The molecule has 0 aliphatic heterocycles. The average molecular weight is 469 g/mol. The van der Waals surface area contributed by atoms with E-state index in [2.05, 4.69) is 15.6 Å². The highest BCUT2D eigenvalue weighted by Gasteiger charge is 2.08. The standard InChI is InChI=1S/C16H27N3O3S.HI/c1-4-17-16(18-11-12-23(20,21)6-3)19-13-14-9-7-8-10-15(14)22-5-2;/h7-10H,4-6,11-13H2,1-3H3,(H2,17,18,19);1H. The summed E-state index contributed by atoms with van der Waals surface area (Å²) in [6.45, 7) is 7.68. The third-order valence-electron chi connectivity index (χ3n) is 3.17. The molecule has 8 heteroatoms. The lowest BCUT2D eigenvalue weighted by molar-refractivity contribution is 0.336. The number of nitrogens with one attached hydrogen (secondary N) is 2. The van der Waals surface area contributed by atoms with E-state index in [0.29, 0.717) is 32.2 Å². The van der Waals surface area contributed by atoms with E-state index in [4.69, 9.17) is 4.74 Å². The van der Waals surface area contributed by atoms with Gasteiger partial charge in [0, 0.05) is 24.4 Å². The number of ether oxygens (including phenoxy) is 1. The molecule has 0 aliphatic rings. The molecule has 0 saturated heterocycles. The topological polar surface area (TPSA) is 79.8 Å². The minimum absolute atomic E-state index is 0. The van der Waals surface area contributed by atoms with Crippen molar-refractivity contribution in [2.24, 2.45) is 4.99 Å². The Hall–Kier alpha value is -1.03. The van der Waals surface area contributed by atoms with E-state index in [9.17, 15) is 8.42 Å². The number of rotatable bonds is 9. The van der Waals surface area contributed by atoms with Gasteiger partial charge in [0.15, 0.2) is 15.8 Å². The van der Waals surface area contributed by atoms with Gasteiger partial charge in [0.1, 0.15) is 5.75 Å². The summed E-state index contributed by atoms with van der Waals surface area (Å²) in [4.78, 5) is 4.49. The molecular formula is C16H28IN3O3S. The van der Waals surface area contributed by atoms with Crippen molar-refractivity contribution in [3.63, 3.8) is 0 Å². The largest absolute Gasteiger partial charge is 0.494 e. The molecule has 2 N–H and O–H groups in total. The van der Waals surface area contributed by atoms with Crippen LogP contribution >= 0.6 is 24.0 Å². The first-order chi connectivity index (χ1) is 11.0. The fourth-order valence-electron chi connectivity index (χ4n) is 1.91. The van der Waals surface area contributed by atoms with Gasteiger partial charge < -0.3 is 15.4 Å². The van der Waals surface area contributed by atoms with Crippen LogP contribution in [0.25, 0.3) is 0 Å². The molecule has 1 rings (SSSR count). The number of halogens is 1. The number of aliphatic imine (C=N–C) groups is 1. The van der Waals surface area contributed by atoms with Crippen molar-refractivity contribution in [2.75, 3.05) is 31.2 Å². The first kappa shape index (κ1) is 23.0. The molecule has 0 fully saturated rings. The van der Waals surface area contributed by atoms with E-state index in [0.717, 1.165) is 11.3 Å².